The average Bonchev–Trinajstić information content (AvgIpc) is 2.23. The largest absolute Gasteiger partial charge is 0.311 e. The van der Waals surface area contributed by atoms with Gasteiger partial charge in [0.2, 0.25) is 0 Å². The first-order valence-corrected chi connectivity index (χ1v) is 5.94. The number of rotatable bonds is 6. The van der Waals surface area contributed by atoms with E-state index < -0.39 is 0 Å². The SMILES string of the molecule is C[C](C)c1cc(F)cc(CNCCN(C)C)c1. The summed E-state index contributed by atoms with van der Waals surface area (Å²) in [6.45, 7) is 6.61. The Hall–Kier alpha value is -0.930. The van der Waals surface area contributed by atoms with E-state index in [4.69, 9.17) is 0 Å². The fraction of sp³-hybridized carbons (Fsp3) is 0.500. The highest BCUT2D eigenvalue weighted by atomic mass is 19.1. The van der Waals surface area contributed by atoms with Gasteiger partial charge in [-0.05, 0) is 43.3 Å². The standard InChI is InChI=1S/C14H22FN2/c1-11(2)13-7-12(8-14(15)9-13)10-16-5-6-17(3)4/h7-9,16H,5-6,10H2,1-4H3. The minimum atomic E-state index is -0.159. The van der Waals surface area contributed by atoms with Crippen molar-refractivity contribution in [3.8, 4) is 0 Å². The minimum absolute atomic E-state index is 0.159. The summed E-state index contributed by atoms with van der Waals surface area (Å²) in [7, 11) is 4.08. The van der Waals surface area contributed by atoms with Crippen molar-refractivity contribution >= 4 is 0 Å². The number of hydrogen-bond acceptors (Lipinski definition) is 2. The van der Waals surface area contributed by atoms with Crippen LogP contribution in [-0.4, -0.2) is 32.1 Å². The molecular weight excluding hydrogens is 215 g/mol. The summed E-state index contributed by atoms with van der Waals surface area (Å²) < 4.78 is 13.4. The Labute approximate surface area is 104 Å². The third-order valence-corrected chi connectivity index (χ3v) is 2.60. The summed E-state index contributed by atoms with van der Waals surface area (Å²) >= 11 is 0. The molecule has 0 fully saturated rings. The normalized spacial score (nSPS) is 11.5. The van der Waals surface area contributed by atoms with Crippen LogP contribution in [0, 0.1) is 11.7 Å². The van der Waals surface area contributed by atoms with Gasteiger partial charge in [0.25, 0.3) is 0 Å². The number of hydrogen-bond donors (Lipinski definition) is 1. The van der Waals surface area contributed by atoms with Gasteiger partial charge in [0.1, 0.15) is 5.82 Å². The van der Waals surface area contributed by atoms with Crippen LogP contribution in [-0.2, 0) is 6.54 Å². The fourth-order valence-corrected chi connectivity index (χ4v) is 1.58. The average molecular weight is 237 g/mol. The Kier molecular flexibility index (Phi) is 5.59. The van der Waals surface area contributed by atoms with E-state index >= 15 is 0 Å². The number of benzene rings is 1. The lowest BCUT2D eigenvalue weighted by Crippen LogP contribution is -2.26. The number of nitrogens with one attached hydrogen (secondary N) is 1. The van der Waals surface area contributed by atoms with Crippen LogP contribution in [0.2, 0.25) is 0 Å². The summed E-state index contributed by atoms with van der Waals surface area (Å²) in [5, 5.41) is 3.31. The van der Waals surface area contributed by atoms with E-state index in [9.17, 15) is 4.39 Å². The van der Waals surface area contributed by atoms with Gasteiger partial charge in [0.15, 0.2) is 0 Å². The maximum atomic E-state index is 13.4. The van der Waals surface area contributed by atoms with Gasteiger partial charge in [-0.15, -0.1) is 0 Å². The molecule has 0 atom stereocenters. The summed E-state index contributed by atoms with van der Waals surface area (Å²) in [4.78, 5) is 2.12. The third-order valence-electron chi connectivity index (χ3n) is 2.60. The van der Waals surface area contributed by atoms with E-state index in [0.29, 0.717) is 6.54 Å². The van der Waals surface area contributed by atoms with E-state index in [2.05, 4.69) is 10.2 Å². The molecule has 0 aliphatic heterocycles. The van der Waals surface area contributed by atoms with Crippen molar-refractivity contribution in [2.24, 2.45) is 0 Å². The molecular formula is C14H22FN2. The molecule has 0 heterocycles. The van der Waals surface area contributed by atoms with Crippen molar-refractivity contribution in [3.05, 3.63) is 41.1 Å². The van der Waals surface area contributed by atoms with E-state index in [1.54, 1.807) is 12.1 Å². The van der Waals surface area contributed by atoms with E-state index in [1.165, 1.54) is 0 Å². The molecule has 0 aliphatic carbocycles. The second-order valence-corrected chi connectivity index (χ2v) is 4.83. The predicted molar refractivity (Wildman–Crippen MR) is 70.4 cm³/mol. The first-order valence-electron chi connectivity index (χ1n) is 5.94. The maximum Gasteiger partial charge on any atom is 0.123 e. The zero-order valence-electron chi connectivity index (χ0n) is 11.2. The molecule has 0 saturated heterocycles. The van der Waals surface area contributed by atoms with Gasteiger partial charge >= 0.3 is 0 Å². The summed E-state index contributed by atoms with van der Waals surface area (Å²) in [6, 6.07) is 5.22. The van der Waals surface area contributed by atoms with Gasteiger partial charge in [0, 0.05) is 19.6 Å². The van der Waals surface area contributed by atoms with Crippen molar-refractivity contribution in [3.63, 3.8) is 0 Å². The molecule has 1 N–H and O–H groups in total. The van der Waals surface area contributed by atoms with Crippen molar-refractivity contribution in [2.75, 3.05) is 27.2 Å². The molecule has 0 saturated carbocycles. The Morgan fingerprint density at radius 1 is 1.24 bits per heavy atom. The van der Waals surface area contributed by atoms with Gasteiger partial charge in [-0.1, -0.05) is 19.9 Å². The first-order chi connectivity index (χ1) is 7.99. The van der Waals surface area contributed by atoms with Gasteiger partial charge < -0.3 is 10.2 Å². The molecule has 1 aromatic carbocycles. The van der Waals surface area contributed by atoms with Crippen molar-refractivity contribution in [1.29, 1.82) is 0 Å². The van der Waals surface area contributed by atoms with Crippen LogP contribution in [0.5, 0.6) is 0 Å². The van der Waals surface area contributed by atoms with Crippen LogP contribution >= 0.6 is 0 Å². The van der Waals surface area contributed by atoms with Crippen LogP contribution in [0.1, 0.15) is 25.0 Å². The molecule has 3 heteroatoms. The second-order valence-electron chi connectivity index (χ2n) is 4.83. The highest BCUT2D eigenvalue weighted by molar-refractivity contribution is 5.33. The lowest BCUT2D eigenvalue weighted by Gasteiger charge is -2.12. The van der Waals surface area contributed by atoms with Crippen molar-refractivity contribution in [2.45, 2.75) is 20.4 Å². The van der Waals surface area contributed by atoms with Gasteiger partial charge in [-0.2, -0.15) is 0 Å². The molecule has 0 aromatic heterocycles. The highest BCUT2D eigenvalue weighted by Gasteiger charge is 2.04. The summed E-state index contributed by atoms with van der Waals surface area (Å²) in [5.41, 5.74) is 1.98. The zero-order chi connectivity index (χ0) is 12.8. The summed E-state index contributed by atoms with van der Waals surface area (Å²) in [6.07, 6.45) is 0. The molecule has 17 heavy (non-hydrogen) atoms. The Morgan fingerprint density at radius 3 is 2.53 bits per heavy atom. The molecule has 0 unspecified atom stereocenters. The number of halogens is 1. The number of nitrogens with zero attached hydrogens (tertiary/aromatic N) is 1. The topological polar surface area (TPSA) is 15.3 Å². The first kappa shape index (κ1) is 14.1. The van der Waals surface area contributed by atoms with Crippen LogP contribution in [0.15, 0.2) is 18.2 Å². The molecule has 0 bridgehead atoms. The van der Waals surface area contributed by atoms with Crippen LogP contribution < -0.4 is 5.32 Å². The van der Waals surface area contributed by atoms with Crippen molar-refractivity contribution in [1.82, 2.24) is 10.2 Å². The summed E-state index contributed by atoms with van der Waals surface area (Å²) in [5.74, 6) is 0.979. The van der Waals surface area contributed by atoms with Crippen LogP contribution in [0.4, 0.5) is 4.39 Å². The van der Waals surface area contributed by atoms with Crippen molar-refractivity contribution < 1.29 is 4.39 Å². The third kappa shape index (κ3) is 5.29. The monoisotopic (exact) mass is 237 g/mol. The van der Waals surface area contributed by atoms with E-state index in [0.717, 1.165) is 30.1 Å². The molecule has 95 valence electrons. The molecule has 0 spiro atoms. The van der Waals surface area contributed by atoms with Crippen LogP contribution in [0.3, 0.4) is 0 Å². The maximum absolute atomic E-state index is 13.4. The molecule has 1 rings (SSSR count). The van der Waals surface area contributed by atoms with Gasteiger partial charge in [-0.3, -0.25) is 0 Å². The fourth-order valence-electron chi connectivity index (χ4n) is 1.58. The lowest BCUT2D eigenvalue weighted by molar-refractivity contribution is 0.400. The molecule has 0 aliphatic rings. The Bertz CT molecular complexity index is 348. The lowest BCUT2D eigenvalue weighted by atomic mass is 10.0. The smallest absolute Gasteiger partial charge is 0.123 e. The molecule has 0 amide bonds. The highest BCUT2D eigenvalue weighted by Crippen LogP contribution is 2.17. The predicted octanol–water partition coefficient (Wildman–Crippen LogP) is 2.44. The zero-order valence-corrected chi connectivity index (χ0v) is 11.2. The minimum Gasteiger partial charge on any atom is -0.311 e. The van der Waals surface area contributed by atoms with Gasteiger partial charge in [-0.25, -0.2) is 4.39 Å². The van der Waals surface area contributed by atoms with Gasteiger partial charge in [0.05, 0.1) is 0 Å². The second kappa shape index (κ2) is 6.72. The van der Waals surface area contributed by atoms with E-state index in [-0.39, 0.29) is 5.82 Å². The van der Waals surface area contributed by atoms with Crippen LogP contribution in [0.25, 0.3) is 0 Å². The Morgan fingerprint density at radius 2 is 1.94 bits per heavy atom. The molecule has 1 aromatic rings. The quantitative estimate of drug-likeness (QED) is 0.764. The molecule has 2 nitrogen and oxygen atoms in total. The van der Waals surface area contributed by atoms with E-state index in [1.807, 2.05) is 34.0 Å². The number of likely N-dealkylation sites (N-methyl/N-ethyl adjacent to an activating group) is 1. The molecule has 1 radical (unpaired) electrons. The Balaban J connectivity index is 2.53.